The first-order chi connectivity index (χ1) is 19.0. The van der Waals surface area contributed by atoms with Gasteiger partial charge in [-0.2, -0.15) is 5.10 Å². The molecule has 0 aliphatic carbocycles. The SMILES string of the molecule is CN1CCC(Nc2ccc(C(=O)Nc3cc(-c4nc5ccccc5n4Cc4ccccc4Cl)n[nH]3)cc2)CC1. The number of hydrogen-bond acceptors (Lipinski definition) is 5. The molecule has 39 heavy (non-hydrogen) atoms. The lowest BCUT2D eigenvalue weighted by atomic mass is 10.0. The normalized spacial score (nSPS) is 14.5. The summed E-state index contributed by atoms with van der Waals surface area (Å²) in [5.74, 6) is 0.984. The summed E-state index contributed by atoms with van der Waals surface area (Å²) < 4.78 is 2.09. The molecule has 5 aromatic rings. The number of piperidine rings is 1. The minimum atomic E-state index is -0.208. The number of imidazole rings is 1. The average molecular weight is 540 g/mol. The number of anilines is 2. The number of H-pyrrole nitrogens is 1. The van der Waals surface area contributed by atoms with Crippen LogP contribution in [0.4, 0.5) is 11.5 Å². The van der Waals surface area contributed by atoms with E-state index < -0.39 is 0 Å². The predicted molar refractivity (Wildman–Crippen MR) is 156 cm³/mol. The standard InChI is InChI=1S/C30H30ClN7O/c1-37-16-14-23(15-17-37)32-22-12-10-20(11-13-22)30(39)34-28-18-26(35-36-28)29-33-25-8-4-5-9-27(25)38(29)19-21-6-2-3-7-24(21)31/h2-13,18,23,32H,14-17,19H2,1H3,(H2,34,35,36,39). The van der Waals surface area contributed by atoms with E-state index in [4.69, 9.17) is 16.6 Å². The molecule has 0 bridgehead atoms. The summed E-state index contributed by atoms with van der Waals surface area (Å²) in [6.45, 7) is 2.74. The Balaban J connectivity index is 1.18. The number of carbonyl (C=O) groups is 1. The van der Waals surface area contributed by atoms with E-state index in [1.165, 1.54) is 0 Å². The number of benzene rings is 3. The smallest absolute Gasteiger partial charge is 0.256 e. The highest BCUT2D eigenvalue weighted by molar-refractivity contribution is 6.31. The number of rotatable bonds is 7. The minimum absolute atomic E-state index is 0.208. The van der Waals surface area contributed by atoms with E-state index in [1.54, 1.807) is 6.07 Å². The molecular formula is C30H30ClN7O. The number of carbonyl (C=O) groups excluding carboxylic acids is 1. The number of aromatic amines is 1. The number of nitrogens with one attached hydrogen (secondary N) is 3. The Morgan fingerprint density at radius 3 is 2.56 bits per heavy atom. The van der Waals surface area contributed by atoms with Crippen LogP contribution in [0.1, 0.15) is 28.8 Å². The molecule has 0 spiro atoms. The Bertz CT molecular complexity index is 1600. The zero-order valence-corrected chi connectivity index (χ0v) is 22.4. The molecule has 1 amide bonds. The minimum Gasteiger partial charge on any atom is -0.382 e. The fraction of sp³-hybridized carbons (Fsp3) is 0.233. The number of aromatic nitrogens is 4. The quantitative estimate of drug-likeness (QED) is 0.240. The van der Waals surface area contributed by atoms with Crippen LogP contribution in [-0.2, 0) is 6.54 Å². The van der Waals surface area contributed by atoms with Gasteiger partial charge in [-0.3, -0.25) is 9.89 Å². The van der Waals surface area contributed by atoms with E-state index in [1.807, 2.05) is 72.8 Å². The summed E-state index contributed by atoms with van der Waals surface area (Å²) in [4.78, 5) is 20.1. The highest BCUT2D eigenvalue weighted by Crippen LogP contribution is 2.28. The summed E-state index contributed by atoms with van der Waals surface area (Å²) in [6, 6.07) is 25.6. The Hall–Kier alpha value is -4.14. The topological polar surface area (TPSA) is 90.9 Å². The number of likely N-dealkylation sites (tertiary alicyclic amines) is 1. The Morgan fingerprint density at radius 2 is 1.77 bits per heavy atom. The highest BCUT2D eigenvalue weighted by Gasteiger charge is 2.18. The maximum absolute atomic E-state index is 13.0. The summed E-state index contributed by atoms with van der Waals surface area (Å²) in [7, 11) is 2.16. The van der Waals surface area contributed by atoms with E-state index in [0.29, 0.717) is 40.5 Å². The van der Waals surface area contributed by atoms with Crippen molar-refractivity contribution in [2.45, 2.75) is 25.4 Å². The summed E-state index contributed by atoms with van der Waals surface area (Å²) >= 11 is 6.47. The third-order valence-corrected chi connectivity index (χ3v) is 7.60. The zero-order chi connectivity index (χ0) is 26.8. The molecule has 3 aromatic carbocycles. The molecule has 9 heteroatoms. The van der Waals surface area contributed by atoms with Crippen molar-refractivity contribution in [1.29, 1.82) is 0 Å². The zero-order valence-electron chi connectivity index (χ0n) is 21.7. The molecule has 3 heterocycles. The Kier molecular flexibility index (Phi) is 7.04. The van der Waals surface area contributed by atoms with Crippen LogP contribution in [0.3, 0.4) is 0 Å². The predicted octanol–water partition coefficient (Wildman–Crippen LogP) is 5.89. The number of fused-ring (bicyclic) bond motifs is 1. The van der Waals surface area contributed by atoms with Gasteiger partial charge in [-0.15, -0.1) is 0 Å². The van der Waals surface area contributed by atoms with Crippen LogP contribution in [0.25, 0.3) is 22.6 Å². The van der Waals surface area contributed by atoms with Crippen LogP contribution < -0.4 is 10.6 Å². The van der Waals surface area contributed by atoms with Crippen molar-refractivity contribution in [1.82, 2.24) is 24.6 Å². The van der Waals surface area contributed by atoms with Crippen molar-refractivity contribution >= 4 is 40.0 Å². The molecule has 3 N–H and O–H groups in total. The first kappa shape index (κ1) is 25.2. The molecular weight excluding hydrogens is 510 g/mol. The Morgan fingerprint density at radius 1 is 1.03 bits per heavy atom. The highest BCUT2D eigenvalue weighted by atomic mass is 35.5. The lowest BCUT2D eigenvalue weighted by Gasteiger charge is -2.30. The number of para-hydroxylation sites is 2. The molecule has 8 nitrogen and oxygen atoms in total. The van der Waals surface area contributed by atoms with Gasteiger partial charge in [-0.1, -0.05) is 41.9 Å². The first-order valence-corrected chi connectivity index (χ1v) is 13.5. The third-order valence-electron chi connectivity index (χ3n) is 7.23. The van der Waals surface area contributed by atoms with Crippen LogP contribution in [0.2, 0.25) is 5.02 Å². The second kappa shape index (κ2) is 10.9. The number of hydrogen-bond donors (Lipinski definition) is 3. The van der Waals surface area contributed by atoms with E-state index in [-0.39, 0.29) is 5.91 Å². The van der Waals surface area contributed by atoms with Gasteiger partial charge in [-0.05, 0) is 81.0 Å². The van der Waals surface area contributed by atoms with Gasteiger partial charge in [0.1, 0.15) is 11.5 Å². The van der Waals surface area contributed by atoms with Gasteiger partial charge in [0, 0.05) is 28.4 Å². The van der Waals surface area contributed by atoms with E-state index in [2.05, 4.69) is 37.3 Å². The van der Waals surface area contributed by atoms with E-state index in [9.17, 15) is 4.79 Å². The molecule has 1 saturated heterocycles. The number of halogens is 1. The molecule has 0 radical (unpaired) electrons. The monoisotopic (exact) mass is 539 g/mol. The molecule has 0 unspecified atom stereocenters. The summed E-state index contributed by atoms with van der Waals surface area (Å²) in [5, 5.41) is 14.6. The molecule has 0 atom stereocenters. The van der Waals surface area contributed by atoms with Crippen molar-refractivity contribution < 1.29 is 4.79 Å². The second-order valence-corrected chi connectivity index (χ2v) is 10.4. The molecule has 1 aliphatic heterocycles. The van der Waals surface area contributed by atoms with Gasteiger partial charge in [0.2, 0.25) is 0 Å². The fourth-order valence-corrected chi connectivity index (χ4v) is 5.22. The lowest BCUT2D eigenvalue weighted by molar-refractivity contribution is 0.102. The van der Waals surface area contributed by atoms with Crippen LogP contribution in [-0.4, -0.2) is 56.7 Å². The van der Waals surface area contributed by atoms with Crippen LogP contribution in [0.15, 0.2) is 78.9 Å². The first-order valence-electron chi connectivity index (χ1n) is 13.1. The lowest BCUT2D eigenvalue weighted by Crippen LogP contribution is -2.36. The summed E-state index contributed by atoms with van der Waals surface area (Å²) in [6.07, 6.45) is 2.24. The van der Waals surface area contributed by atoms with Crippen molar-refractivity contribution in [2.24, 2.45) is 0 Å². The molecule has 1 aliphatic rings. The molecule has 6 rings (SSSR count). The summed E-state index contributed by atoms with van der Waals surface area (Å²) in [5.41, 5.74) is 5.07. The van der Waals surface area contributed by atoms with Gasteiger partial charge in [0.25, 0.3) is 5.91 Å². The van der Waals surface area contributed by atoms with Crippen LogP contribution in [0, 0.1) is 0 Å². The third kappa shape index (κ3) is 5.53. The van der Waals surface area contributed by atoms with Gasteiger partial charge >= 0.3 is 0 Å². The molecule has 0 saturated carbocycles. The van der Waals surface area contributed by atoms with Gasteiger partial charge in [0.15, 0.2) is 5.82 Å². The fourth-order valence-electron chi connectivity index (χ4n) is 5.03. The second-order valence-electron chi connectivity index (χ2n) is 10.0. The van der Waals surface area contributed by atoms with Crippen molar-refractivity contribution in [3.63, 3.8) is 0 Å². The van der Waals surface area contributed by atoms with Crippen molar-refractivity contribution in [2.75, 3.05) is 30.8 Å². The number of nitrogens with zero attached hydrogens (tertiary/aromatic N) is 4. The van der Waals surface area contributed by atoms with E-state index >= 15 is 0 Å². The Labute approximate surface area is 232 Å². The van der Waals surface area contributed by atoms with Gasteiger partial charge in [-0.25, -0.2) is 4.98 Å². The van der Waals surface area contributed by atoms with E-state index in [0.717, 1.165) is 48.2 Å². The van der Waals surface area contributed by atoms with Gasteiger partial charge in [0.05, 0.1) is 17.6 Å². The molecule has 2 aromatic heterocycles. The number of amides is 1. The molecule has 1 fully saturated rings. The van der Waals surface area contributed by atoms with Crippen molar-refractivity contribution in [3.05, 3.63) is 95.0 Å². The van der Waals surface area contributed by atoms with Crippen LogP contribution in [0.5, 0.6) is 0 Å². The van der Waals surface area contributed by atoms with Gasteiger partial charge < -0.3 is 20.1 Å². The maximum Gasteiger partial charge on any atom is 0.256 e. The largest absolute Gasteiger partial charge is 0.382 e. The molecule has 198 valence electrons. The maximum atomic E-state index is 13.0. The van der Waals surface area contributed by atoms with Crippen molar-refractivity contribution in [3.8, 4) is 11.5 Å². The average Bonchev–Trinajstić information content (AvgIpc) is 3.56. The van der Waals surface area contributed by atoms with Crippen LogP contribution >= 0.6 is 11.6 Å².